The van der Waals surface area contributed by atoms with Gasteiger partial charge in [-0.3, -0.25) is 14.5 Å². The minimum atomic E-state index is -0.917. The van der Waals surface area contributed by atoms with Gasteiger partial charge in [0, 0.05) is 31.7 Å². The number of benzene rings is 1. The van der Waals surface area contributed by atoms with Gasteiger partial charge in [-0.1, -0.05) is 12.1 Å². The molecule has 5 nitrogen and oxygen atoms in total. The normalized spacial score (nSPS) is 18.9. The van der Waals surface area contributed by atoms with E-state index in [1.54, 1.807) is 11.8 Å². The Morgan fingerprint density at radius 1 is 1.45 bits per heavy atom. The average Bonchev–Trinajstić information content (AvgIpc) is 2.48. The van der Waals surface area contributed by atoms with Gasteiger partial charge in [0.2, 0.25) is 11.8 Å². The Balaban J connectivity index is 2.13. The molecule has 7 heteroatoms. The highest BCUT2D eigenvalue weighted by atomic mass is 19.2. The number of hydrogen-bond donors (Lipinski definition) is 2. The Hall–Kier alpha value is -2.02. The molecule has 2 amide bonds. The molecule has 1 aliphatic heterocycles. The lowest BCUT2D eigenvalue weighted by Gasteiger charge is -2.34. The van der Waals surface area contributed by atoms with Crippen LogP contribution in [0.15, 0.2) is 18.2 Å². The van der Waals surface area contributed by atoms with Gasteiger partial charge in [-0.15, -0.1) is 0 Å². The predicted molar refractivity (Wildman–Crippen MR) is 76.9 cm³/mol. The number of piperazine rings is 1. The summed E-state index contributed by atoms with van der Waals surface area (Å²) in [5.74, 6) is -2.34. The lowest BCUT2D eigenvalue weighted by Crippen LogP contribution is -2.56. The van der Waals surface area contributed by atoms with E-state index < -0.39 is 17.7 Å². The number of carbonyl (C=O) groups is 2. The maximum atomic E-state index is 13.8. The molecule has 0 saturated carbocycles. The first kappa shape index (κ1) is 16.4. The molecule has 1 saturated heterocycles. The van der Waals surface area contributed by atoms with Crippen molar-refractivity contribution in [2.45, 2.75) is 25.9 Å². The van der Waals surface area contributed by atoms with Gasteiger partial charge in [0.05, 0.1) is 12.5 Å². The number of halogens is 2. The Labute approximate surface area is 127 Å². The third-order valence-electron chi connectivity index (χ3n) is 3.60. The van der Waals surface area contributed by atoms with Crippen LogP contribution >= 0.6 is 0 Å². The summed E-state index contributed by atoms with van der Waals surface area (Å²) in [6.07, 6.45) is -0.00336. The van der Waals surface area contributed by atoms with E-state index >= 15 is 0 Å². The molecule has 1 aromatic rings. The lowest BCUT2D eigenvalue weighted by atomic mass is 10.1. The van der Waals surface area contributed by atoms with Crippen LogP contribution in [0.2, 0.25) is 0 Å². The quantitative estimate of drug-likeness (QED) is 0.845. The van der Waals surface area contributed by atoms with Gasteiger partial charge in [-0.25, -0.2) is 8.78 Å². The third-order valence-corrected chi connectivity index (χ3v) is 3.60. The fourth-order valence-electron chi connectivity index (χ4n) is 2.51. The summed E-state index contributed by atoms with van der Waals surface area (Å²) in [5.41, 5.74) is 0.176. The minimum absolute atomic E-state index is 0.00336. The van der Waals surface area contributed by atoms with Crippen molar-refractivity contribution >= 4 is 11.8 Å². The first-order valence-electron chi connectivity index (χ1n) is 7.24. The summed E-state index contributed by atoms with van der Waals surface area (Å²) in [6, 6.07) is 3.28. The molecule has 120 valence electrons. The second-order valence-corrected chi connectivity index (χ2v) is 5.15. The van der Waals surface area contributed by atoms with Crippen LogP contribution in [0.5, 0.6) is 0 Å². The van der Waals surface area contributed by atoms with Gasteiger partial charge in [0.25, 0.3) is 0 Å². The number of nitrogens with one attached hydrogen (secondary N) is 2. The SMILES string of the molecule is CCNC(=O)CC1C(=O)NCCN1Cc1cccc(F)c1F. The first-order chi connectivity index (χ1) is 10.5. The second kappa shape index (κ2) is 7.31. The second-order valence-electron chi connectivity index (χ2n) is 5.15. The van der Waals surface area contributed by atoms with Gasteiger partial charge < -0.3 is 10.6 Å². The topological polar surface area (TPSA) is 61.4 Å². The van der Waals surface area contributed by atoms with Crippen LogP contribution in [0.25, 0.3) is 0 Å². The molecule has 22 heavy (non-hydrogen) atoms. The van der Waals surface area contributed by atoms with Crippen LogP contribution in [-0.2, 0) is 16.1 Å². The Morgan fingerprint density at radius 3 is 2.95 bits per heavy atom. The standard InChI is InChI=1S/C15H19F2N3O2/c1-2-18-13(21)8-12-15(22)19-6-7-20(12)9-10-4-3-5-11(16)14(10)17/h3-5,12H,2,6-9H2,1H3,(H,18,21)(H,19,22). The Kier molecular flexibility index (Phi) is 5.43. The smallest absolute Gasteiger partial charge is 0.237 e. The summed E-state index contributed by atoms with van der Waals surface area (Å²) < 4.78 is 27.1. The van der Waals surface area contributed by atoms with Crippen molar-refractivity contribution in [2.24, 2.45) is 0 Å². The zero-order valence-electron chi connectivity index (χ0n) is 12.4. The molecule has 0 aromatic heterocycles. The highest BCUT2D eigenvalue weighted by Gasteiger charge is 2.32. The van der Waals surface area contributed by atoms with Crippen molar-refractivity contribution in [3.63, 3.8) is 0 Å². The largest absolute Gasteiger partial charge is 0.356 e. The molecule has 1 atom stereocenters. The van der Waals surface area contributed by atoms with Crippen LogP contribution in [-0.4, -0.2) is 42.4 Å². The summed E-state index contributed by atoms with van der Waals surface area (Å²) in [6.45, 7) is 3.25. The first-order valence-corrected chi connectivity index (χ1v) is 7.24. The number of amides is 2. The molecule has 1 unspecified atom stereocenters. The highest BCUT2D eigenvalue weighted by Crippen LogP contribution is 2.17. The molecule has 2 rings (SSSR count). The van der Waals surface area contributed by atoms with E-state index in [0.29, 0.717) is 19.6 Å². The summed E-state index contributed by atoms with van der Waals surface area (Å²) in [7, 11) is 0. The van der Waals surface area contributed by atoms with Crippen LogP contribution in [0, 0.1) is 11.6 Å². The summed E-state index contributed by atoms with van der Waals surface area (Å²) in [4.78, 5) is 25.4. The van der Waals surface area contributed by atoms with E-state index in [2.05, 4.69) is 10.6 Å². The van der Waals surface area contributed by atoms with Crippen LogP contribution in [0.4, 0.5) is 8.78 Å². The van der Waals surface area contributed by atoms with Crippen molar-refractivity contribution in [1.29, 1.82) is 0 Å². The molecule has 1 aromatic carbocycles. The molecule has 0 radical (unpaired) electrons. The Morgan fingerprint density at radius 2 is 2.23 bits per heavy atom. The molecular weight excluding hydrogens is 292 g/mol. The predicted octanol–water partition coefficient (Wildman–Crippen LogP) is 0.791. The van der Waals surface area contributed by atoms with E-state index in [9.17, 15) is 18.4 Å². The minimum Gasteiger partial charge on any atom is -0.356 e. The molecule has 0 bridgehead atoms. The van der Waals surface area contributed by atoms with E-state index in [1.165, 1.54) is 12.1 Å². The number of rotatable bonds is 5. The van der Waals surface area contributed by atoms with Crippen LogP contribution in [0.3, 0.4) is 0 Å². The van der Waals surface area contributed by atoms with Gasteiger partial charge >= 0.3 is 0 Å². The molecule has 1 aliphatic rings. The van der Waals surface area contributed by atoms with Crippen LogP contribution < -0.4 is 10.6 Å². The maximum Gasteiger partial charge on any atom is 0.237 e. The highest BCUT2D eigenvalue weighted by molar-refractivity contribution is 5.88. The fourth-order valence-corrected chi connectivity index (χ4v) is 2.51. The molecule has 2 N–H and O–H groups in total. The molecule has 0 spiro atoms. The monoisotopic (exact) mass is 311 g/mol. The van der Waals surface area contributed by atoms with Crippen molar-refractivity contribution in [2.75, 3.05) is 19.6 Å². The van der Waals surface area contributed by atoms with Gasteiger partial charge in [0.1, 0.15) is 0 Å². The molecule has 1 heterocycles. The van der Waals surface area contributed by atoms with E-state index in [4.69, 9.17) is 0 Å². The van der Waals surface area contributed by atoms with Gasteiger partial charge in [0.15, 0.2) is 11.6 Å². The molecular formula is C15H19F2N3O2. The van der Waals surface area contributed by atoms with Crippen molar-refractivity contribution < 1.29 is 18.4 Å². The van der Waals surface area contributed by atoms with Crippen molar-refractivity contribution in [3.05, 3.63) is 35.4 Å². The van der Waals surface area contributed by atoms with E-state index in [1.807, 2.05) is 0 Å². The number of carbonyl (C=O) groups excluding carboxylic acids is 2. The maximum absolute atomic E-state index is 13.8. The lowest BCUT2D eigenvalue weighted by molar-refractivity contribution is -0.134. The van der Waals surface area contributed by atoms with E-state index in [0.717, 1.165) is 6.07 Å². The third kappa shape index (κ3) is 3.79. The molecule has 1 fully saturated rings. The van der Waals surface area contributed by atoms with Crippen molar-refractivity contribution in [1.82, 2.24) is 15.5 Å². The van der Waals surface area contributed by atoms with Gasteiger partial charge in [-0.2, -0.15) is 0 Å². The zero-order valence-corrected chi connectivity index (χ0v) is 12.4. The van der Waals surface area contributed by atoms with Crippen molar-refractivity contribution in [3.8, 4) is 0 Å². The average molecular weight is 311 g/mol. The van der Waals surface area contributed by atoms with Crippen LogP contribution in [0.1, 0.15) is 18.9 Å². The molecule has 0 aliphatic carbocycles. The number of nitrogens with zero attached hydrogens (tertiary/aromatic N) is 1. The zero-order chi connectivity index (χ0) is 16.1. The summed E-state index contributed by atoms with van der Waals surface area (Å²) in [5, 5.41) is 5.33. The fraction of sp³-hybridized carbons (Fsp3) is 0.467. The van der Waals surface area contributed by atoms with E-state index in [-0.39, 0.29) is 30.3 Å². The Bertz CT molecular complexity index is 566. The van der Waals surface area contributed by atoms with Gasteiger partial charge in [-0.05, 0) is 13.0 Å². The summed E-state index contributed by atoms with van der Waals surface area (Å²) >= 11 is 0. The number of hydrogen-bond acceptors (Lipinski definition) is 3.